The van der Waals surface area contributed by atoms with Crippen molar-refractivity contribution in [2.24, 2.45) is 0 Å². The van der Waals surface area contributed by atoms with Crippen molar-refractivity contribution >= 4 is 16.9 Å². The molecule has 1 aliphatic rings. The van der Waals surface area contributed by atoms with Crippen LogP contribution < -0.4 is 4.74 Å². The number of aromatic nitrogens is 1. The molecule has 5 heteroatoms. The van der Waals surface area contributed by atoms with E-state index >= 15 is 0 Å². The number of halogens is 1. The first-order valence-electron chi connectivity index (χ1n) is 8.79. The van der Waals surface area contributed by atoms with Crippen molar-refractivity contribution in [3.63, 3.8) is 0 Å². The Morgan fingerprint density at radius 3 is 2.77 bits per heavy atom. The van der Waals surface area contributed by atoms with Crippen LogP contribution in [0.3, 0.4) is 0 Å². The second-order valence-corrected chi connectivity index (χ2v) is 6.67. The van der Waals surface area contributed by atoms with E-state index in [0.717, 1.165) is 30.8 Å². The molecular formula is C21H20FNO3. The molecule has 0 saturated heterocycles. The molecule has 0 bridgehead atoms. The summed E-state index contributed by atoms with van der Waals surface area (Å²) >= 11 is 0. The Kier molecular flexibility index (Phi) is 4.15. The van der Waals surface area contributed by atoms with E-state index < -0.39 is 11.8 Å². The van der Waals surface area contributed by atoms with Crippen molar-refractivity contribution in [1.82, 2.24) is 4.57 Å². The summed E-state index contributed by atoms with van der Waals surface area (Å²) in [7, 11) is 1.44. The molecule has 26 heavy (non-hydrogen) atoms. The third-order valence-corrected chi connectivity index (χ3v) is 5.22. The highest BCUT2D eigenvalue weighted by molar-refractivity contribution is 5.91. The van der Waals surface area contributed by atoms with Gasteiger partial charge in [0.05, 0.1) is 19.2 Å². The number of carbonyl (C=O) groups is 1. The van der Waals surface area contributed by atoms with E-state index in [0.29, 0.717) is 12.1 Å². The molecule has 0 atom stereocenters. The molecule has 1 aliphatic carbocycles. The Morgan fingerprint density at radius 1 is 1.23 bits per heavy atom. The highest BCUT2D eigenvalue weighted by Gasteiger charge is 2.23. The summed E-state index contributed by atoms with van der Waals surface area (Å²) in [6, 6.07) is 10.5. The predicted molar refractivity (Wildman–Crippen MR) is 97.6 cm³/mol. The van der Waals surface area contributed by atoms with Gasteiger partial charge in [0.15, 0.2) is 0 Å². The van der Waals surface area contributed by atoms with Crippen molar-refractivity contribution in [2.75, 3.05) is 7.11 Å². The van der Waals surface area contributed by atoms with Gasteiger partial charge in [-0.3, -0.25) is 0 Å². The number of rotatable bonds is 4. The second-order valence-electron chi connectivity index (χ2n) is 6.67. The van der Waals surface area contributed by atoms with Crippen molar-refractivity contribution in [1.29, 1.82) is 0 Å². The van der Waals surface area contributed by atoms with Crippen molar-refractivity contribution in [3.8, 4) is 5.75 Å². The second kappa shape index (κ2) is 6.48. The summed E-state index contributed by atoms with van der Waals surface area (Å²) in [5.74, 6) is -1.49. The molecule has 0 spiro atoms. The number of benzene rings is 2. The van der Waals surface area contributed by atoms with Crippen molar-refractivity contribution < 1.29 is 19.0 Å². The van der Waals surface area contributed by atoms with Crippen LogP contribution in [-0.2, 0) is 19.4 Å². The molecule has 4 rings (SSSR count). The Balaban J connectivity index is 1.93. The van der Waals surface area contributed by atoms with Crippen LogP contribution in [0.1, 0.15) is 40.0 Å². The number of hydrogen-bond acceptors (Lipinski definition) is 2. The van der Waals surface area contributed by atoms with Crippen molar-refractivity contribution in [2.45, 2.75) is 32.2 Å². The van der Waals surface area contributed by atoms with E-state index in [9.17, 15) is 14.3 Å². The molecule has 0 amide bonds. The van der Waals surface area contributed by atoms with E-state index in [2.05, 4.69) is 16.7 Å². The van der Waals surface area contributed by atoms with Crippen LogP contribution in [0.25, 0.3) is 10.9 Å². The van der Waals surface area contributed by atoms with E-state index in [4.69, 9.17) is 4.74 Å². The maximum atomic E-state index is 13.8. The van der Waals surface area contributed by atoms with Gasteiger partial charge in [-0.2, -0.15) is 0 Å². The predicted octanol–water partition coefficient (Wildman–Crippen LogP) is 4.41. The summed E-state index contributed by atoms with van der Waals surface area (Å²) in [5, 5.41) is 10.8. The first kappa shape index (κ1) is 16.6. The SMILES string of the molecule is COc1cc(F)cc(C(=O)O)c1Cn1c2c(c3ccccc31)CCCC2. The molecular weight excluding hydrogens is 333 g/mol. The quantitative estimate of drug-likeness (QED) is 0.756. The third kappa shape index (κ3) is 2.64. The zero-order chi connectivity index (χ0) is 18.3. The smallest absolute Gasteiger partial charge is 0.336 e. The summed E-state index contributed by atoms with van der Waals surface area (Å²) in [6.45, 7) is 0.348. The number of nitrogens with zero attached hydrogens (tertiary/aromatic N) is 1. The minimum Gasteiger partial charge on any atom is -0.496 e. The van der Waals surface area contributed by atoms with Gasteiger partial charge in [-0.25, -0.2) is 9.18 Å². The molecule has 3 aromatic rings. The Bertz CT molecular complexity index is 1010. The molecule has 134 valence electrons. The minimum atomic E-state index is -1.15. The lowest BCUT2D eigenvalue weighted by Crippen LogP contribution is -2.13. The number of methoxy groups -OCH3 is 1. The maximum absolute atomic E-state index is 13.8. The minimum absolute atomic E-state index is 0.0517. The first-order chi connectivity index (χ1) is 12.6. The number of carboxylic acid groups (broad SMARTS) is 1. The van der Waals surface area contributed by atoms with E-state index in [1.165, 1.54) is 36.2 Å². The molecule has 1 N–H and O–H groups in total. The van der Waals surface area contributed by atoms with Gasteiger partial charge in [0.2, 0.25) is 0 Å². The van der Waals surface area contributed by atoms with Gasteiger partial charge < -0.3 is 14.4 Å². The molecule has 0 unspecified atom stereocenters. The maximum Gasteiger partial charge on any atom is 0.336 e. The van der Waals surface area contributed by atoms with Crippen LogP contribution >= 0.6 is 0 Å². The fourth-order valence-corrected chi connectivity index (χ4v) is 4.07. The lowest BCUT2D eigenvalue weighted by Gasteiger charge is -2.18. The number of carboxylic acids is 1. The standard InChI is InChI=1S/C21H20FNO3/c1-26-20-11-13(22)10-16(21(24)25)17(20)12-23-18-8-4-2-6-14(18)15-7-3-5-9-19(15)23/h2,4,6,8,10-11H,3,5,7,9,12H2,1H3,(H,24,25). The van der Waals surface area contributed by atoms with Gasteiger partial charge in [-0.15, -0.1) is 0 Å². The average molecular weight is 353 g/mol. The number of ether oxygens (including phenoxy) is 1. The molecule has 0 radical (unpaired) electrons. The number of fused-ring (bicyclic) bond motifs is 3. The van der Waals surface area contributed by atoms with Crippen molar-refractivity contribution in [3.05, 3.63) is 64.6 Å². The molecule has 0 aliphatic heterocycles. The van der Waals surface area contributed by atoms with Crippen LogP contribution in [0.4, 0.5) is 4.39 Å². The van der Waals surface area contributed by atoms with Crippen LogP contribution in [-0.4, -0.2) is 22.8 Å². The summed E-state index contributed by atoms with van der Waals surface area (Å²) < 4.78 is 21.3. The van der Waals surface area contributed by atoms with Crippen LogP contribution in [0.2, 0.25) is 0 Å². The highest BCUT2D eigenvalue weighted by Crippen LogP contribution is 2.34. The molecule has 0 fully saturated rings. The van der Waals surface area contributed by atoms with E-state index in [-0.39, 0.29) is 11.3 Å². The summed E-state index contributed by atoms with van der Waals surface area (Å²) in [4.78, 5) is 11.7. The Labute approximate surface area is 150 Å². The molecule has 0 saturated carbocycles. The summed E-state index contributed by atoms with van der Waals surface area (Å²) in [6.07, 6.45) is 4.29. The third-order valence-electron chi connectivity index (χ3n) is 5.22. The number of aryl methyl sites for hydroxylation is 1. The lowest BCUT2D eigenvalue weighted by molar-refractivity contribution is 0.0694. The zero-order valence-electron chi connectivity index (χ0n) is 14.6. The highest BCUT2D eigenvalue weighted by atomic mass is 19.1. The normalized spacial score (nSPS) is 13.6. The molecule has 4 nitrogen and oxygen atoms in total. The first-order valence-corrected chi connectivity index (χ1v) is 8.79. The van der Waals surface area contributed by atoms with E-state index in [1.54, 1.807) is 0 Å². The van der Waals surface area contributed by atoms with Gasteiger partial charge in [-0.1, -0.05) is 18.2 Å². The fraction of sp³-hybridized carbons (Fsp3) is 0.286. The fourth-order valence-electron chi connectivity index (χ4n) is 4.07. The largest absolute Gasteiger partial charge is 0.496 e. The Hall–Kier alpha value is -2.82. The lowest BCUT2D eigenvalue weighted by atomic mass is 9.95. The average Bonchev–Trinajstić information content (AvgIpc) is 2.97. The van der Waals surface area contributed by atoms with Crippen LogP contribution in [0.5, 0.6) is 5.75 Å². The number of hydrogen-bond donors (Lipinski definition) is 1. The number of para-hydroxylation sites is 1. The Morgan fingerprint density at radius 2 is 2.00 bits per heavy atom. The topological polar surface area (TPSA) is 51.5 Å². The van der Waals surface area contributed by atoms with Crippen LogP contribution in [0, 0.1) is 5.82 Å². The number of aromatic carboxylic acids is 1. The van der Waals surface area contributed by atoms with Crippen LogP contribution in [0.15, 0.2) is 36.4 Å². The van der Waals surface area contributed by atoms with Gasteiger partial charge in [0, 0.05) is 28.2 Å². The van der Waals surface area contributed by atoms with Gasteiger partial charge in [-0.05, 0) is 43.4 Å². The van der Waals surface area contributed by atoms with Gasteiger partial charge in [0.25, 0.3) is 0 Å². The monoisotopic (exact) mass is 353 g/mol. The molecule has 1 aromatic heterocycles. The zero-order valence-corrected chi connectivity index (χ0v) is 14.6. The van der Waals surface area contributed by atoms with E-state index in [1.807, 2.05) is 12.1 Å². The molecule has 1 heterocycles. The summed E-state index contributed by atoms with van der Waals surface area (Å²) in [5.41, 5.74) is 4.13. The van der Waals surface area contributed by atoms with Gasteiger partial charge in [0.1, 0.15) is 11.6 Å². The molecule has 2 aromatic carbocycles. The van der Waals surface area contributed by atoms with Gasteiger partial charge >= 0.3 is 5.97 Å².